The van der Waals surface area contributed by atoms with E-state index in [-0.39, 0.29) is 0 Å². The fraction of sp³-hybridized carbons (Fsp3) is 1.00. The Kier molecular flexibility index (Phi) is 7.29. The first-order valence-electron chi connectivity index (χ1n) is 5.32. The maximum absolute atomic E-state index is 5.47. The Bertz CT molecular complexity index is 113. The van der Waals surface area contributed by atoms with Crippen molar-refractivity contribution >= 4 is 0 Å². The number of ether oxygens (including phenoxy) is 1. The fourth-order valence-electron chi connectivity index (χ4n) is 1.37. The quantitative estimate of drug-likeness (QED) is 0.567. The van der Waals surface area contributed by atoms with E-state index >= 15 is 0 Å². The Hall–Kier alpha value is -0.0800. The van der Waals surface area contributed by atoms with E-state index in [4.69, 9.17) is 4.74 Å². The summed E-state index contributed by atoms with van der Waals surface area (Å²) < 4.78 is 5.47. The van der Waals surface area contributed by atoms with Crippen molar-refractivity contribution in [1.29, 1.82) is 0 Å². The standard InChI is InChI=1S/C11H25NO/c1-10(2)9-12(5)7-6-8-13-11(3)4/h10-11H,6-9H2,1-5H3. The first-order chi connectivity index (χ1) is 6.02. The molecule has 13 heavy (non-hydrogen) atoms. The molecule has 2 heteroatoms. The average molecular weight is 187 g/mol. The summed E-state index contributed by atoms with van der Waals surface area (Å²) in [7, 11) is 2.18. The lowest BCUT2D eigenvalue weighted by molar-refractivity contribution is 0.0715. The van der Waals surface area contributed by atoms with Gasteiger partial charge in [-0.05, 0) is 33.2 Å². The fourth-order valence-corrected chi connectivity index (χ4v) is 1.37. The molecule has 2 nitrogen and oxygen atoms in total. The molecule has 0 fully saturated rings. The third-order valence-electron chi connectivity index (χ3n) is 1.81. The zero-order valence-electron chi connectivity index (χ0n) is 9.84. The average Bonchev–Trinajstić information content (AvgIpc) is 1.96. The summed E-state index contributed by atoms with van der Waals surface area (Å²) in [6.45, 7) is 11.9. The van der Waals surface area contributed by atoms with E-state index in [9.17, 15) is 0 Å². The molecule has 0 spiro atoms. The summed E-state index contributed by atoms with van der Waals surface area (Å²) in [6.07, 6.45) is 1.51. The first-order valence-corrected chi connectivity index (χ1v) is 5.32. The second-order valence-electron chi connectivity index (χ2n) is 4.43. The minimum absolute atomic E-state index is 0.371. The van der Waals surface area contributed by atoms with Gasteiger partial charge in [-0.2, -0.15) is 0 Å². The van der Waals surface area contributed by atoms with Gasteiger partial charge in [-0.3, -0.25) is 0 Å². The van der Waals surface area contributed by atoms with E-state index < -0.39 is 0 Å². The summed E-state index contributed by atoms with van der Waals surface area (Å²) in [4.78, 5) is 2.37. The summed E-state index contributed by atoms with van der Waals surface area (Å²) in [5.74, 6) is 0.760. The Morgan fingerprint density at radius 3 is 2.23 bits per heavy atom. The van der Waals surface area contributed by atoms with Crippen LogP contribution in [-0.2, 0) is 4.74 Å². The Balaban J connectivity index is 3.22. The van der Waals surface area contributed by atoms with Crippen molar-refractivity contribution < 1.29 is 4.74 Å². The normalized spacial score (nSPS) is 12.0. The molecule has 0 bridgehead atoms. The van der Waals surface area contributed by atoms with Crippen molar-refractivity contribution in [3.05, 3.63) is 0 Å². The maximum atomic E-state index is 5.47. The van der Waals surface area contributed by atoms with Gasteiger partial charge >= 0.3 is 0 Å². The zero-order valence-corrected chi connectivity index (χ0v) is 9.84. The Labute approximate surface area is 83.3 Å². The largest absolute Gasteiger partial charge is 0.379 e. The van der Waals surface area contributed by atoms with Gasteiger partial charge in [-0.25, -0.2) is 0 Å². The number of hydrogen-bond acceptors (Lipinski definition) is 2. The second-order valence-corrected chi connectivity index (χ2v) is 4.43. The van der Waals surface area contributed by atoms with Crippen LogP contribution in [0.1, 0.15) is 34.1 Å². The van der Waals surface area contributed by atoms with Gasteiger partial charge in [-0.15, -0.1) is 0 Å². The molecule has 0 rings (SSSR count). The van der Waals surface area contributed by atoms with Gasteiger partial charge in [0.2, 0.25) is 0 Å². The van der Waals surface area contributed by atoms with Crippen LogP contribution in [0, 0.1) is 5.92 Å². The van der Waals surface area contributed by atoms with Crippen LogP contribution in [0.15, 0.2) is 0 Å². The molecule has 0 aromatic carbocycles. The van der Waals surface area contributed by atoms with Crippen molar-refractivity contribution in [2.45, 2.75) is 40.2 Å². The smallest absolute Gasteiger partial charge is 0.0518 e. The molecule has 0 atom stereocenters. The molecule has 0 radical (unpaired) electrons. The molecule has 0 aromatic rings. The molecule has 0 unspecified atom stereocenters. The highest BCUT2D eigenvalue weighted by Gasteiger charge is 2.01. The summed E-state index contributed by atoms with van der Waals surface area (Å²) in [5.41, 5.74) is 0. The van der Waals surface area contributed by atoms with Gasteiger partial charge in [0, 0.05) is 19.7 Å². The van der Waals surface area contributed by atoms with E-state index in [0.29, 0.717) is 6.10 Å². The van der Waals surface area contributed by atoms with Gasteiger partial charge in [0.25, 0.3) is 0 Å². The van der Waals surface area contributed by atoms with Gasteiger partial charge in [-0.1, -0.05) is 13.8 Å². The molecule has 0 aromatic heterocycles. The van der Waals surface area contributed by atoms with Crippen LogP contribution in [0.25, 0.3) is 0 Å². The SMILES string of the molecule is CC(C)CN(C)CCCOC(C)C. The van der Waals surface area contributed by atoms with Gasteiger partial charge in [0.05, 0.1) is 6.10 Å². The zero-order chi connectivity index (χ0) is 10.3. The van der Waals surface area contributed by atoms with Crippen LogP contribution >= 0.6 is 0 Å². The van der Waals surface area contributed by atoms with Crippen LogP contribution in [-0.4, -0.2) is 37.7 Å². The molecule has 0 N–H and O–H groups in total. The van der Waals surface area contributed by atoms with E-state index in [1.165, 1.54) is 6.54 Å². The Morgan fingerprint density at radius 1 is 1.15 bits per heavy atom. The molecular formula is C11H25NO. The molecule has 0 aliphatic rings. The summed E-state index contributed by atoms with van der Waals surface area (Å²) in [5, 5.41) is 0. The number of hydrogen-bond donors (Lipinski definition) is 0. The number of nitrogens with zero attached hydrogens (tertiary/aromatic N) is 1. The monoisotopic (exact) mass is 187 g/mol. The van der Waals surface area contributed by atoms with E-state index in [0.717, 1.165) is 25.5 Å². The van der Waals surface area contributed by atoms with Crippen molar-refractivity contribution in [2.24, 2.45) is 5.92 Å². The predicted octanol–water partition coefficient (Wildman–Crippen LogP) is 2.39. The summed E-state index contributed by atoms with van der Waals surface area (Å²) >= 11 is 0. The molecule has 80 valence electrons. The molecule has 0 saturated carbocycles. The van der Waals surface area contributed by atoms with E-state index in [1.54, 1.807) is 0 Å². The van der Waals surface area contributed by atoms with E-state index in [2.05, 4.69) is 39.6 Å². The lowest BCUT2D eigenvalue weighted by Gasteiger charge is -2.18. The van der Waals surface area contributed by atoms with Crippen LogP contribution in [0.3, 0.4) is 0 Å². The van der Waals surface area contributed by atoms with Gasteiger partial charge < -0.3 is 9.64 Å². The number of rotatable bonds is 7. The predicted molar refractivity (Wildman–Crippen MR) is 58.0 cm³/mol. The third-order valence-corrected chi connectivity index (χ3v) is 1.81. The van der Waals surface area contributed by atoms with Crippen LogP contribution < -0.4 is 0 Å². The van der Waals surface area contributed by atoms with Crippen molar-refractivity contribution in [3.8, 4) is 0 Å². The lowest BCUT2D eigenvalue weighted by atomic mass is 10.2. The molecule has 0 heterocycles. The Morgan fingerprint density at radius 2 is 1.77 bits per heavy atom. The van der Waals surface area contributed by atoms with Crippen LogP contribution in [0.2, 0.25) is 0 Å². The molecule has 0 saturated heterocycles. The highest BCUT2D eigenvalue weighted by Crippen LogP contribution is 1.97. The van der Waals surface area contributed by atoms with Crippen LogP contribution in [0.4, 0.5) is 0 Å². The molecule has 0 amide bonds. The van der Waals surface area contributed by atoms with Gasteiger partial charge in [0.15, 0.2) is 0 Å². The van der Waals surface area contributed by atoms with Crippen molar-refractivity contribution in [2.75, 3.05) is 26.7 Å². The van der Waals surface area contributed by atoms with Crippen molar-refractivity contribution in [1.82, 2.24) is 4.90 Å². The molecule has 0 aliphatic carbocycles. The summed E-state index contributed by atoms with van der Waals surface area (Å²) in [6, 6.07) is 0. The second kappa shape index (κ2) is 7.34. The molecular weight excluding hydrogens is 162 g/mol. The minimum atomic E-state index is 0.371. The molecule has 0 aliphatic heterocycles. The highest BCUT2D eigenvalue weighted by atomic mass is 16.5. The third kappa shape index (κ3) is 9.84. The minimum Gasteiger partial charge on any atom is -0.379 e. The lowest BCUT2D eigenvalue weighted by Crippen LogP contribution is -2.25. The van der Waals surface area contributed by atoms with Crippen molar-refractivity contribution in [3.63, 3.8) is 0 Å². The highest BCUT2D eigenvalue weighted by molar-refractivity contribution is 4.54. The van der Waals surface area contributed by atoms with Gasteiger partial charge in [0.1, 0.15) is 0 Å². The maximum Gasteiger partial charge on any atom is 0.0518 e. The topological polar surface area (TPSA) is 12.5 Å². The van der Waals surface area contributed by atoms with E-state index in [1.807, 2.05) is 0 Å². The first kappa shape index (κ1) is 12.9. The van der Waals surface area contributed by atoms with Crippen LogP contribution in [0.5, 0.6) is 0 Å².